The summed E-state index contributed by atoms with van der Waals surface area (Å²) < 4.78 is 77.5. The van der Waals surface area contributed by atoms with Crippen molar-refractivity contribution in [1.29, 1.82) is 0 Å². The Morgan fingerprint density at radius 1 is 1.10 bits per heavy atom. The number of rotatable bonds is 7. The van der Waals surface area contributed by atoms with E-state index in [0.29, 0.717) is 11.3 Å². The summed E-state index contributed by atoms with van der Waals surface area (Å²) in [6.07, 6.45) is -3.25. The minimum atomic E-state index is -4.46. The molecule has 0 aliphatic heterocycles. The predicted molar refractivity (Wildman–Crippen MR) is 101 cm³/mol. The normalized spacial score (nSPS) is 11.9. The van der Waals surface area contributed by atoms with E-state index in [9.17, 15) is 21.6 Å². The maximum atomic E-state index is 12.8. The summed E-state index contributed by atoms with van der Waals surface area (Å²) in [6.45, 7) is -0.0267. The Morgan fingerprint density at radius 3 is 2.53 bits per heavy atom. The lowest BCUT2D eigenvalue weighted by Gasteiger charge is -2.11. The van der Waals surface area contributed by atoms with E-state index in [1.54, 1.807) is 6.07 Å². The number of nitrogens with zero attached hydrogens (tertiary/aromatic N) is 3. The van der Waals surface area contributed by atoms with Crippen molar-refractivity contribution < 1.29 is 31.1 Å². The van der Waals surface area contributed by atoms with Gasteiger partial charge in [-0.2, -0.15) is 18.2 Å². The van der Waals surface area contributed by atoms with Crippen LogP contribution in [0.2, 0.25) is 0 Å². The standard InChI is InChI=1S/C18H17F3N4O4S/c1-28-14-6-7-15(29-2)16(9-14)30(26,27)24-17-22-11-25(23-17)10-12-4-3-5-13(8-12)18(19,20)21/h3-9,11H,10H2,1-2H3,(H,23,24). The molecule has 3 aromatic rings. The Bertz CT molecular complexity index is 1150. The molecule has 2 aromatic carbocycles. The van der Waals surface area contributed by atoms with Crippen molar-refractivity contribution in [1.82, 2.24) is 14.8 Å². The van der Waals surface area contributed by atoms with Gasteiger partial charge in [-0.3, -0.25) is 0 Å². The Morgan fingerprint density at radius 2 is 1.87 bits per heavy atom. The van der Waals surface area contributed by atoms with Crippen LogP contribution in [0.3, 0.4) is 0 Å². The van der Waals surface area contributed by atoms with Gasteiger partial charge >= 0.3 is 6.18 Å². The minimum Gasteiger partial charge on any atom is -0.497 e. The Kier molecular flexibility index (Phi) is 5.87. The molecule has 0 bridgehead atoms. The highest BCUT2D eigenvalue weighted by Crippen LogP contribution is 2.30. The first-order chi connectivity index (χ1) is 14.1. The summed E-state index contributed by atoms with van der Waals surface area (Å²) in [5, 5.41) is 3.97. The molecule has 0 atom stereocenters. The second-order valence-electron chi connectivity index (χ2n) is 6.09. The number of hydrogen-bond donors (Lipinski definition) is 1. The summed E-state index contributed by atoms with van der Waals surface area (Å²) >= 11 is 0. The average Bonchev–Trinajstić information content (AvgIpc) is 3.13. The second kappa shape index (κ2) is 8.22. The molecule has 3 rings (SSSR count). The van der Waals surface area contributed by atoms with Crippen molar-refractivity contribution in [3.63, 3.8) is 0 Å². The molecule has 0 unspecified atom stereocenters. The average molecular weight is 442 g/mol. The zero-order valence-electron chi connectivity index (χ0n) is 15.8. The van der Waals surface area contributed by atoms with Crippen molar-refractivity contribution in [2.45, 2.75) is 17.6 Å². The molecular formula is C18H17F3N4O4S. The smallest absolute Gasteiger partial charge is 0.416 e. The van der Waals surface area contributed by atoms with Gasteiger partial charge < -0.3 is 9.47 Å². The van der Waals surface area contributed by atoms with Gasteiger partial charge in [0.15, 0.2) is 0 Å². The molecule has 1 N–H and O–H groups in total. The highest BCUT2D eigenvalue weighted by atomic mass is 32.2. The molecule has 0 aliphatic rings. The van der Waals surface area contributed by atoms with Gasteiger partial charge in [-0.25, -0.2) is 17.8 Å². The maximum Gasteiger partial charge on any atom is 0.416 e. The quantitative estimate of drug-likeness (QED) is 0.604. The summed E-state index contributed by atoms with van der Waals surface area (Å²) in [4.78, 5) is 3.68. The first-order valence-electron chi connectivity index (χ1n) is 8.43. The Hall–Kier alpha value is -3.28. The molecule has 0 spiro atoms. The molecule has 1 aromatic heterocycles. The van der Waals surface area contributed by atoms with Gasteiger partial charge in [0.05, 0.1) is 26.3 Å². The van der Waals surface area contributed by atoms with Crippen LogP contribution in [0.5, 0.6) is 11.5 Å². The number of alkyl halides is 3. The minimum absolute atomic E-state index is 0.0267. The van der Waals surface area contributed by atoms with E-state index in [4.69, 9.17) is 9.47 Å². The number of anilines is 1. The van der Waals surface area contributed by atoms with Gasteiger partial charge in [0, 0.05) is 6.07 Å². The van der Waals surface area contributed by atoms with Crippen LogP contribution >= 0.6 is 0 Å². The van der Waals surface area contributed by atoms with Gasteiger partial charge in [-0.1, -0.05) is 12.1 Å². The lowest BCUT2D eigenvalue weighted by atomic mass is 10.1. The van der Waals surface area contributed by atoms with Crippen LogP contribution in [0.25, 0.3) is 0 Å². The van der Waals surface area contributed by atoms with Crippen LogP contribution in [-0.4, -0.2) is 37.4 Å². The second-order valence-corrected chi connectivity index (χ2v) is 7.74. The molecule has 0 aliphatic carbocycles. The first-order valence-corrected chi connectivity index (χ1v) is 9.91. The van der Waals surface area contributed by atoms with Gasteiger partial charge in [0.25, 0.3) is 16.0 Å². The number of nitrogens with one attached hydrogen (secondary N) is 1. The predicted octanol–water partition coefficient (Wildman–Crippen LogP) is 3.16. The van der Waals surface area contributed by atoms with E-state index in [-0.39, 0.29) is 23.1 Å². The number of halogens is 3. The number of ether oxygens (including phenoxy) is 2. The largest absolute Gasteiger partial charge is 0.497 e. The number of sulfonamides is 1. The van der Waals surface area contributed by atoms with E-state index in [2.05, 4.69) is 14.8 Å². The van der Waals surface area contributed by atoms with E-state index in [0.717, 1.165) is 12.1 Å². The summed E-state index contributed by atoms with van der Waals surface area (Å²) in [5.41, 5.74) is -0.454. The van der Waals surface area contributed by atoms with Crippen LogP contribution in [0.4, 0.5) is 19.1 Å². The van der Waals surface area contributed by atoms with Crippen molar-refractivity contribution in [2.24, 2.45) is 0 Å². The molecule has 0 fully saturated rings. The summed E-state index contributed by atoms with van der Waals surface area (Å²) in [7, 11) is -1.40. The third kappa shape index (κ3) is 4.82. The van der Waals surface area contributed by atoms with Crippen molar-refractivity contribution in [3.8, 4) is 11.5 Å². The zero-order valence-corrected chi connectivity index (χ0v) is 16.7. The molecule has 12 heteroatoms. The summed E-state index contributed by atoms with van der Waals surface area (Å²) in [6, 6.07) is 9.00. The van der Waals surface area contributed by atoms with E-state index < -0.39 is 21.8 Å². The van der Waals surface area contributed by atoms with E-state index in [1.165, 1.54) is 49.5 Å². The van der Waals surface area contributed by atoms with Crippen LogP contribution < -0.4 is 14.2 Å². The molecule has 8 nitrogen and oxygen atoms in total. The molecule has 0 amide bonds. The highest BCUT2D eigenvalue weighted by molar-refractivity contribution is 7.92. The Labute approximate surface area is 170 Å². The number of methoxy groups -OCH3 is 2. The van der Waals surface area contributed by atoms with Crippen molar-refractivity contribution >= 4 is 16.0 Å². The van der Waals surface area contributed by atoms with Crippen molar-refractivity contribution in [3.05, 3.63) is 59.9 Å². The van der Waals surface area contributed by atoms with Crippen LogP contribution in [0, 0.1) is 0 Å². The van der Waals surface area contributed by atoms with E-state index >= 15 is 0 Å². The molecule has 0 radical (unpaired) electrons. The van der Waals surface area contributed by atoms with E-state index in [1.807, 2.05) is 0 Å². The lowest BCUT2D eigenvalue weighted by Crippen LogP contribution is -2.15. The summed E-state index contributed by atoms with van der Waals surface area (Å²) in [5.74, 6) is 0.151. The molecule has 30 heavy (non-hydrogen) atoms. The highest BCUT2D eigenvalue weighted by Gasteiger charge is 2.30. The molecule has 0 saturated carbocycles. The number of hydrogen-bond acceptors (Lipinski definition) is 6. The lowest BCUT2D eigenvalue weighted by molar-refractivity contribution is -0.137. The molecule has 0 saturated heterocycles. The van der Waals surface area contributed by atoms with Crippen LogP contribution in [0.1, 0.15) is 11.1 Å². The van der Waals surface area contributed by atoms with Crippen molar-refractivity contribution in [2.75, 3.05) is 18.9 Å². The fraction of sp³-hybridized carbons (Fsp3) is 0.222. The number of benzene rings is 2. The van der Waals surface area contributed by atoms with Gasteiger partial charge in [0.1, 0.15) is 22.7 Å². The fourth-order valence-corrected chi connectivity index (χ4v) is 3.75. The molecule has 1 heterocycles. The topological polar surface area (TPSA) is 95.3 Å². The van der Waals surface area contributed by atoms with Crippen LogP contribution in [0.15, 0.2) is 53.7 Å². The maximum absolute atomic E-state index is 12.8. The molecular weight excluding hydrogens is 425 g/mol. The Balaban J connectivity index is 1.80. The van der Waals surface area contributed by atoms with Gasteiger partial charge in [0.2, 0.25) is 0 Å². The SMILES string of the molecule is COc1ccc(OC)c(S(=O)(=O)Nc2ncn(Cc3cccc(C(F)(F)F)c3)n2)c1. The zero-order chi connectivity index (χ0) is 21.9. The third-order valence-corrected chi connectivity index (χ3v) is 5.37. The third-order valence-electron chi connectivity index (χ3n) is 4.02. The van der Waals surface area contributed by atoms with Gasteiger partial charge in [-0.15, -0.1) is 5.10 Å². The fourth-order valence-electron chi connectivity index (χ4n) is 2.62. The number of aromatic nitrogens is 3. The molecule has 160 valence electrons. The van der Waals surface area contributed by atoms with Gasteiger partial charge in [-0.05, 0) is 29.8 Å². The first kappa shape index (κ1) is 21.4. The monoisotopic (exact) mass is 442 g/mol. The van der Waals surface area contributed by atoms with Crippen LogP contribution in [-0.2, 0) is 22.7 Å².